The molecule has 0 aromatic heterocycles. The summed E-state index contributed by atoms with van der Waals surface area (Å²) >= 11 is 0. The second kappa shape index (κ2) is 9.76. The molecule has 1 atom stereocenters. The lowest BCUT2D eigenvalue weighted by Gasteiger charge is -2.31. The van der Waals surface area contributed by atoms with Crippen LogP contribution >= 0.6 is 0 Å². The summed E-state index contributed by atoms with van der Waals surface area (Å²) in [6, 6.07) is 19.9. The summed E-state index contributed by atoms with van der Waals surface area (Å²) in [4.78, 5) is 22.3. The van der Waals surface area contributed by atoms with Gasteiger partial charge in [-0.15, -0.1) is 0 Å². The minimum atomic E-state index is -4.00. The predicted octanol–water partition coefficient (Wildman–Crippen LogP) is 4.43. The molecule has 0 saturated heterocycles. The van der Waals surface area contributed by atoms with Gasteiger partial charge in [-0.1, -0.05) is 49.4 Å². The van der Waals surface area contributed by atoms with Crippen molar-refractivity contribution in [2.45, 2.75) is 30.8 Å². The molecule has 0 aliphatic heterocycles. The molecule has 0 bridgehead atoms. The first-order chi connectivity index (χ1) is 15.2. The number of carboxylic acid groups (broad SMARTS) is 2. The highest BCUT2D eigenvalue weighted by Crippen LogP contribution is 2.32. The Morgan fingerprint density at radius 1 is 0.812 bits per heavy atom. The van der Waals surface area contributed by atoms with E-state index in [0.717, 1.165) is 5.56 Å². The zero-order chi connectivity index (χ0) is 23.3. The van der Waals surface area contributed by atoms with Gasteiger partial charge in [0.1, 0.15) is 0 Å². The summed E-state index contributed by atoms with van der Waals surface area (Å²) in [6.07, 6.45) is 0.504. The van der Waals surface area contributed by atoms with E-state index in [4.69, 9.17) is 10.2 Å². The zero-order valence-corrected chi connectivity index (χ0v) is 18.2. The van der Waals surface area contributed by atoms with Crippen molar-refractivity contribution >= 4 is 22.0 Å². The van der Waals surface area contributed by atoms with Crippen LogP contribution in [0.2, 0.25) is 0 Å². The third kappa shape index (κ3) is 5.04. The van der Waals surface area contributed by atoms with Crippen LogP contribution in [0.5, 0.6) is 0 Å². The average molecular weight is 454 g/mol. The number of rotatable bonds is 9. The molecular formula is C24H23NO6S. The van der Waals surface area contributed by atoms with E-state index >= 15 is 0 Å². The van der Waals surface area contributed by atoms with Crippen molar-refractivity contribution in [3.05, 3.63) is 101 Å². The van der Waals surface area contributed by atoms with Gasteiger partial charge in [0.2, 0.25) is 10.0 Å². The Balaban J connectivity index is 2.06. The van der Waals surface area contributed by atoms with E-state index in [1.54, 1.807) is 12.1 Å². The molecule has 3 aromatic carbocycles. The van der Waals surface area contributed by atoms with Crippen molar-refractivity contribution in [1.82, 2.24) is 4.31 Å². The van der Waals surface area contributed by atoms with Gasteiger partial charge in [0.25, 0.3) is 0 Å². The van der Waals surface area contributed by atoms with Crippen LogP contribution in [0.4, 0.5) is 0 Å². The van der Waals surface area contributed by atoms with Gasteiger partial charge in [-0.2, -0.15) is 4.31 Å². The third-order valence-corrected chi connectivity index (χ3v) is 7.03. The van der Waals surface area contributed by atoms with E-state index in [0.29, 0.717) is 12.0 Å². The monoisotopic (exact) mass is 453 g/mol. The van der Waals surface area contributed by atoms with Gasteiger partial charge >= 0.3 is 11.9 Å². The Morgan fingerprint density at radius 2 is 1.31 bits per heavy atom. The Labute approximate surface area is 186 Å². The molecule has 3 rings (SSSR count). The second-order valence-electron chi connectivity index (χ2n) is 7.22. The molecule has 32 heavy (non-hydrogen) atoms. The van der Waals surface area contributed by atoms with Crippen molar-refractivity contribution in [1.29, 1.82) is 0 Å². The minimum absolute atomic E-state index is 0.00476. The molecule has 8 heteroatoms. The first-order valence-electron chi connectivity index (χ1n) is 9.96. The fourth-order valence-electron chi connectivity index (χ4n) is 3.48. The van der Waals surface area contributed by atoms with Crippen LogP contribution in [0, 0.1) is 0 Å². The molecular weight excluding hydrogens is 430 g/mol. The maximum absolute atomic E-state index is 13.7. The highest BCUT2D eigenvalue weighted by molar-refractivity contribution is 7.89. The highest BCUT2D eigenvalue weighted by Gasteiger charge is 2.32. The van der Waals surface area contributed by atoms with Gasteiger partial charge in [-0.3, -0.25) is 0 Å². The average Bonchev–Trinajstić information content (AvgIpc) is 2.80. The van der Waals surface area contributed by atoms with Gasteiger partial charge in [0.05, 0.1) is 22.1 Å². The molecule has 0 saturated carbocycles. The van der Waals surface area contributed by atoms with Crippen LogP contribution in [-0.4, -0.2) is 34.9 Å². The lowest BCUT2D eigenvalue weighted by molar-refractivity contribution is 0.0686. The Morgan fingerprint density at radius 3 is 1.78 bits per heavy atom. The molecule has 0 unspecified atom stereocenters. The fraction of sp³-hybridized carbons (Fsp3) is 0.167. The number of carboxylic acids is 2. The summed E-state index contributed by atoms with van der Waals surface area (Å²) in [7, 11) is -4.00. The Bertz CT molecular complexity index is 1190. The van der Waals surface area contributed by atoms with Crippen molar-refractivity contribution < 1.29 is 28.2 Å². The molecule has 0 fully saturated rings. The van der Waals surface area contributed by atoms with Crippen LogP contribution in [0.15, 0.2) is 83.8 Å². The van der Waals surface area contributed by atoms with E-state index in [9.17, 15) is 18.0 Å². The molecule has 0 spiro atoms. The number of aromatic carboxylic acids is 2. The second-order valence-corrected chi connectivity index (χ2v) is 9.11. The predicted molar refractivity (Wildman–Crippen MR) is 119 cm³/mol. The van der Waals surface area contributed by atoms with Crippen molar-refractivity contribution in [2.75, 3.05) is 0 Å². The lowest BCUT2D eigenvalue weighted by atomic mass is 10.0. The fourth-order valence-corrected chi connectivity index (χ4v) is 5.16. The number of benzene rings is 3. The standard InChI is InChI=1S/C24H23NO6S/c1-2-22(18-6-4-3-5-7-18)25(16-17-8-10-19(11-9-17)23(26)27)32(30,31)21-14-12-20(13-15-21)24(28)29/h3-15,22H,2,16H2,1H3,(H,26,27)(H,28,29)/t22-/m0/s1. The van der Waals surface area contributed by atoms with E-state index in [1.807, 2.05) is 37.3 Å². The quantitative estimate of drug-likeness (QED) is 0.496. The molecule has 2 N–H and O–H groups in total. The first-order valence-corrected chi connectivity index (χ1v) is 11.4. The van der Waals surface area contributed by atoms with Crippen LogP contribution < -0.4 is 0 Å². The van der Waals surface area contributed by atoms with Gasteiger partial charge < -0.3 is 10.2 Å². The third-order valence-electron chi connectivity index (χ3n) is 5.17. The normalized spacial score (nSPS) is 12.4. The molecule has 0 amide bonds. The van der Waals surface area contributed by atoms with Crippen molar-refractivity contribution in [3.8, 4) is 0 Å². The van der Waals surface area contributed by atoms with E-state index in [-0.39, 0.29) is 22.6 Å². The molecule has 166 valence electrons. The Kier molecular flexibility index (Phi) is 7.07. The number of hydrogen-bond acceptors (Lipinski definition) is 4. The van der Waals surface area contributed by atoms with Gasteiger partial charge in [-0.05, 0) is 53.9 Å². The maximum Gasteiger partial charge on any atom is 0.335 e. The molecule has 3 aromatic rings. The summed E-state index contributed by atoms with van der Waals surface area (Å²) in [5.41, 5.74) is 1.57. The minimum Gasteiger partial charge on any atom is -0.478 e. The maximum atomic E-state index is 13.7. The number of sulfonamides is 1. The summed E-state index contributed by atoms with van der Waals surface area (Å²) in [6.45, 7) is 1.91. The van der Waals surface area contributed by atoms with Crippen LogP contribution in [0.1, 0.15) is 51.2 Å². The number of nitrogens with zero attached hydrogens (tertiary/aromatic N) is 1. The highest BCUT2D eigenvalue weighted by atomic mass is 32.2. The van der Waals surface area contributed by atoms with E-state index in [1.165, 1.54) is 40.7 Å². The Hall–Kier alpha value is -3.49. The summed E-state index contributed by atoms with van der Waals surface area (Å²) in [5, 5.41) is 18.2. The van der Waals surface area contributed by atoms with Crippen LogP contribution in [-0.2, 0) is 16.6 Å². The molecule has 0 aliphatic carbocycles. The lowest BCUT2D eigenvalue weighted by Crippen LogP contribution is -2.34. The van der Waals surface area contributed by atoms with Gasteiger partial charge in [0.15, 0.2) is 0 Å². The van der Waals surface area contributed by atoms with Crippen LogP contribution in [0.25, 0.3) is 0 Å². The van der Waals surface area contributed by atoms with Crippen molar-refractivity contribution in [2.24, 2.45) is 0 Å². The molecule has 0 aliphatic rings. The van der Waals surface area contributed by atoms with Gasteiger partial charge in [-0.25, -0.2) is 18.0 Å². The molecule has 7 nitrogen and oxygen atoms in total. The molecule has 0 radical (unpaired) electrons. The number of hydrogen-bond donors (Lipinski definition) is 2. The number of carbonyl (C=O) groups is 2. The largest absolute Gasteiger partial charge is 0.478 e. The smallest absolute Gasteiger partial charge is 0.335 e. The molecule has 0 heterocycles. The first kappa shape index (κ1) is 23.2. The topological polar surface area (TPSA) is 112 Å². The summed E-state index contributed by atoms with van der Waals surface area (Å²) < 4.78 is 28.7. The van der Waals surface area contributed by atoms with Crippen LogP contribution in [0.3, 0.4) is 0 Å². The SMILES string of the molecule is CC[C@@H](c1ccccc1)N(Cc1ccc(C(=O)O)cc1)S(=O)(=O)c1ccc(C(=O)O)cc1. The van der Waals surface area contributed by atoms with Crippen molar-refractivity contribution in [3.63, 3.8) is 0 Å². The van der Waals surface area contributed by atoms with E-state index < -0.39 is 28.0 Å². The summed E-state index contributed by atoms with van der Waals surface area (Å²) in [5.74, 6) is -2.20. The van der Waals surface area contributed by atoms with Gasteiger partial charge in [0, 0.05) is 6.54 Å². The van der Waals surface area contributed by atoms with E-state index in [2.05, 4.69) is 0 Å². The zero-order valence-electron chi connectivity index (χ0n) is 17.4.